The highest BCUT2D eigenvalue weighted by Gasteiger charge is 2.04. The van der Waals surface area contributed by atoms with Crippen molar-refractivity contribution < 1.29 is 9.47 Å². The Balaban J connectivity index is 1.93. The first-order valence-electron chi connectivity index (χ1n) is 6.09. The van der Waals surface area contributed by atoms with Crippen LogP contribution in [0.5, 0.6) is 5.75 Å². The first-order chi connectivity index (χ1) is 8.83. The van der Waals surface area contributed by atoms with E-state index in [1.54, 1.807) is 18.4 Å². The molecule has 0 saturated heterocycles. The molecular formula is C13H18N2O2S. The molecule has 0 aliphatic rings. The standard InChI is InChI=1S/C13H18N2O2S/c1-3-17-8-4-7-14-13-15-11-6-5-10(16-2)9-12(11)18-13/h5-6,9H,3-4,7-8H2,1-2H3,(H,14,15). The Bertz CT molecular complexity index is 499. The van der Waals surface area contributed by atoms with Gasteiger partial charge in [-0.1, -0.05) is 11.3 Å². The lowest BCUT2D eigenvalue weighted by Crippen LogP contribution is -2.05. The quantitative estimate of drug-likeness (QED) is 0.782. The minimum absolute atomic E-state index is 0.779. The predicted octanol–water partition coefficient (Wildman–Crippen LogP) is 3.14. The van der Waals surface area contributed by atoms with Gasteiger partial charge in [-0.05, 0) is 31.5 Å². The smallest absolute Gasteiger partial charge is 0.183 e. The number of nitrogens with one attached hydrogen (secondary N) is 1. The van der Waals surface area contributed by atoms with Gasteiger partial charge in [0.15, 0.2) is 5.13 Å². The topological polar surface area (TPSA) is 43.4 Å². The van der Waals surface area contributed by atoms with Crippen LogP contribution in [0, 0.1) is 0 Å². The molecule has 0 atom stereocenters. The van der Waals surface area contributed by atoms with Crippen LogP contribution in [0.25, 0.3) is 10.2 Å². The number of aromatic nitrogens is 1. The van der Waals surface area contributed by atoms with Crippen molar-refractivity contribution in [2.24, 2.45) is 0 Å². The number of anilines is 1. The fourth-order valence-electron chi connectivity index (χ4n) is 1.62. The van der Waals surface area contributed by atoms with Crippen LogP contribution in [0.2, 0.25) is 0 Å². The van der Waals surface area contributed by atoms with Gasteiger partial charge >= 0.3 is 0 Å². The maximum absolute atomic E-state index is 5.29. The summed E-state index contributed by atoms with van der Waals surface area (Å²) in [6, 6.07) is 5.93. The highest BCUT2D eigenvalue weighted by molar-refractivity contribution is 7.22. The van der Waals surface area contributed by atoms with Gasteiger partial charge in [-0.15, -0.1) is 0 Å². The van der Waals surface area contributed by atoms with Crippen molar-refractivity contribution in [2.45, 2.75) is 13.3 Å². The van der Waals surface area contributed by atoms with E-state index in [1.807, 2.05) is 25.1 Å². The third-order valence-corrected chi connectivity index (χ3v) is 3.52. The number of benzene rings is 1. The fourth-order valence-corrected chi connectivity index (χ4v) is 2.54. The third-order valence-electron chi connectivity index (χ3n) is 2.54. The Morgan fingerprint density at radius 2 is 2.28 bits per heavy atom. The SMILES string of the molecule is CCOCCCNc1nc2ccc(OC)cc2s1. The number of rotatable bonds is 7. The normalized spacial score (nSPS) is 10.8. The summed E-state index contributed by atoms with van der Waals surface area (Å²) in [5.74, 6) is 0.869. The minimum atomic E-state index is 0.779. The second-order valence-electron chi connectivity index (χ2n) is 3.83. The van der Waals surface area contributed by atoms with E-state index >= 15 is 0 Å². The molecule has 1 N–H and O–H groups in total. The molecule has 1 aromatic carbocycles. The molecule has 4 nitrogen and oxygen atoms in total. The molecule has 0 spiro atoms. The first kappa shape index (κ1) is 13.1. The molecule has 0 unspecified atom stereocenters. The maximum Gasteiger partial charge on any atom is 0.183 e. The Labute approximate surface area is 111 Å². The third kappa shape index (κ3) is 3.34. The molecular weight excluding hydrogens is 248 g/mol. The molecule has 98 valence electrons. The van der Waals surface area contributed by atoms with Crippen LogP contribution < -0.4 is 10.1 Å². The Morgan fingerprint density at radius 3 is 3.06 bits per heavy atom. The van der Waals surface area contributed by atoms with Gasteiger partial charge in [-0.25, -0.2) is 4.98 Å². The van der Waals surface area contributed by atoms with Gasteiger partial charge in [0.2, 0.25) is 0 Å². The Kier molecular flexibility index (Phi) is 4.78. The molecule has 0 fully saturated rings. The number of nitrogens with zero attached hydrogens (tertiary/aromatic N) is 1. The van der Waals surface area contributed by atoms with E-state index in [0.717, 1.165) is 47.3 Å². The highest BCUT2D eigenvalue weighted by Crippen LogP contribution is 2.28. The summed E-state index contributed by atoms with van der Waals surface area (Å²) in [5, 5.41) is 4.27. The van der Waals surface area contributed by atoms with Gasteiger partial charge in [-0.3, -0.25) is 0 Å². The lowest BCUT2D eigenvalue weighted by Gasteiger charge is -2.01. The largest absolute Gasteiger partial charge is 0.497 e. The molecule has 0 aliphatic heterocycles. The summed E-state index contributed by atoms with van der Waals surface area (Å²) in [4.78, 5) is 4.52. The first-order valence-corrected chi connectivity index (χ1v) is 6.91. The lowest BCUT2D eigenvalue weighted by atomic mass is 10.3. The lowest BCUT2D eigenvalue weighted by molar-refractivity contribution is 0.147. The average molecular weight is 266 g/mol. The van der Waals surface area contributed by atoms with Crippen LogP contribution in [0.3, 0.4) is 0 Å². The number of hydrogen-bond donors (Lipinski definition) is 1. The van der Waals surface area contributed by atoms with Gasteiger partial charge < -0.3 is 14.8 Å². The molecule has 0 saturated carbocycles. The zero-order valence-corrected chi connectivity index (χ0v) is 11.5. The molecule has 18 heavy (non-hydrogen) atoms. The van der Waals surface area contributed by atoms with Crippen LogP contribution in [0.15, 0.2) is 18.2 Å². The van der Waals surface area contributed by atoms with Crippen molar-refractivity contribution in [2.75, 3.05) is 32.2 Å². The summed E-state index contributed by atoms with van der Waals surface area (Å²) in [6.07, 6.45) is 0.993. The van der Waals surface area contributed by atoms with E-state index < -0.39 is 0 Å². The van der Waals surface area contributed by atoms with Crippen LogP contribution in [0.1, 0.15) is 13.3 Å². The van der Waals surface area contributed by atoms with E-state index in [0.29, 0.717) is 0 Å². The van der Waals surface area contributed by atoms with Crippen molar-refractivity contribution in [3.8, 4) is 5.75 Å². The molecule has 1 heterocycles. The van der Waals surface area contributed by atoms with E-state index in [-0.39, 0.29) is 0 Å². The molecule has 0 radical (unpaired) electrons. The molecule has 2 aromatic rings. The maximum atomic E-state index is 5.29. The van der Waals surface area contributed by atoms with Crippen molar-refractivity contribution in [3.05, 3.63) is 18.2 Å². The molecule has 2 rings (SSSR count). The van der Waals surface area contributed by atoms with E-state index in [2.05, 4.69) is 10.3 Å². The summed E-state index contributed by atoms with van der Waals surface area (Å²) in [7, 11) is 1.68. The van der Waals surface area contributed by atoms with E-state index in [9.17, 15) is 0 Å². The molecule has 5 heteroatoms. The van der Waals surface area contributed by atoms with E-state index in [1.165, 1.54) is 0 Å². The average Bonchev–Trinajstić information content (AvgIpc) is 2.80. The molecule has 0 bridgehead atoms. The minimum Gasteiger partial charge on any atom is -0.497 e. The van der Waals surface area contributed by atoms with Crippen molar-refractivity contribution in [1.82, 2.24) is 4.98 Å². The second kappa shape index (κ2) is 6.56. The predicted molar refractivity (Wildman–Crippen MR) is 75.8 cm³/mol. The van der Waals surface area contributed by atoms with Gasteiger partial charge in [0.25, 0.3) is 0 Å². The second-order valence-corrected chi connectivity index (χ2v) is 4.86. The van der Waals surface area contributed by atoms with Crippen molar-refractivity contribution in [1.29, 1.82) is 0 Å². The highest BCUT2D eigenvalue weighted by atomic mass is 32.1. The van der Waals surface area contributed by atoms with Crippen molar-refractivity contribution in [3.63, 3.8) is 0 Å². The van der Waals surface area contributed by atoms with Crippen LogP contribution in [0.4, 0.5) is 5.13 Å². The van der Waals surface area contributed by atoms with Crippen molar-refractivity contribution >= 4 is 26.7 Å². The number of ether oxygens (including phenoxy) is 2. The summed E-state index contributed by atoms with van der Waals surface area (Å²) < 4.78 is 11.6. The number of fused-ring (bicyclic) bond motifs is 1. The zero-order valence-electron chi connectivity index (χ0n) is 10.7. The summed E-state index contributed by atoms with van der Waals surface area (Å²) >= 11 is 1.65. The number of methoxy groups -OCH3 is 1. The monoisotopic (exact) mass is 266 g/mol. The van der Waals surface area contributed by atoms with E-state index in [4.69, 9.17) is 9.47 Å². The van der Waals surface area contributed by atoms with Gasteiger partial charge in [-0.2, -0.15) is 0 Å². The molecule has 0 amide bonds. The van der Waals surface area contributed by atoms with Gasteiger partial charge in [0, 0.05) is 19.8 Å². The zero-order chi connectivity index (χ0) is 12.8. The van der Waals surface area contributed by atoms with Crippen LogP contribution >= 0.6 is 11.3 Å². The Hall–Kier alpha value is -1.33. The van der Waals surface area contributed by atoms with Gasteiger partial charge in [0.1, 0.15) is 5.75 Å². The number of thiazole rings is 1. The number of hydrogen-bond acceptors (Lipinski definition) is 5. The van der Waals surface area contributed by atoms with Crippen LogP contribution in [-0.4, -0.2) is 31.9 Å². The Morgan fingerprint density at radius 1 is 1.39 bits per heavy atom. The van der Waals surface area contributed by atoms with Crippen LogP contribution in [-0.2, 0) is 4.74 Å². The summed E-state index contributed by atoms with van der Waals surface area (Å²) in [6.45, 7) is 4.47. The molecule has 0 aliphatic carbocycles. The molecule has 1 aromatic heterocycles. The summed E-state index contributed by atoms with van der Waals surface area (Å²) in [5.41, 5.74) is 1.01. The van der Waals surface area contributed by atoms with Gasteiger partial charge in [0.05, 0.1) is 17.3 Å². The fraction of sp³-hybridized carbons (Fsp3) is 0.462.